The zero-order valence-corrected chi connectivity index (χ0v) is 24.4. The number of aliphatic hydroxyl groups is 2. The summed E-state index contributed by atoms with van der Waals surface area (Å²) in [6, 6.07) is 13.7. The first-order chi connectivity index (χ1) is 20.7. The van der Waals surface area contributed by atoms with Crippen LogP contribution in [0, 0.1) is 23.6 Å². The summed E-state index contributed by atoms with van der Waals surface area (Å²) in [6.45, 7) is 1.77. The van der Waals surface area contributed by atoms with E-state index in [0.29, 0.717) is 49.7 Å². The van der Waals surface area contributed by atoms with E-state index in [1.165, 1.54) is 17.0 Å². The number of carboxylic acids is 1. The Morgan fingerprint density at radius 2 is 1.81 bits per heavy atom. The average molecular weight is 594 g/mol. The van der Waals surface area contributed by atoms with Gasteiger partial charge < -0.3 is 20.4 Å². The SMILES string of the molecule is CCC1=C([C@H](O)CC/C(=C/c2ccc(O)c(F)c2)c2ccccc2)[C@H](CO)[C@@H]2C(=O)N(CCCCCC(=O)O)C(=O)[C@@H]2C1. The summed E-state index contributed by atoms with van der Waals surface area (Å²) >= 11 is 0. The number of aliphatic carboxylic acids is 1. The van der Waals surface area contributed by atoms with Crippen molar-refractivity contribution in [3.8, 4) is 5.75 Å². The van der Waals surface area contributed by atoms with Crippen LogP contribution in [0.15, 0.2) is 59.7 Å². The van der Waals surface area contributed by atoms with Crippen LogP contribution in [0.2, 0.25) is 0 Å². The quantitative estimate of drug-likeness (QED) is 0.103. The molecule has 2 amide bonds. The number of aliphatic hydroxyl groups excluding tert-OH is 2. The topological polar surface area (TPSA) is 135 Å². The molecule has 2 aromatic rings. The van der Waals surface area contributed by atoms with E-state index in [1.54, 1.807) is 6.07 Å². The van der Waals surface area contributed by atoms with Gasteiger partial charge in [0.2, 0.25) is 11.8 Å². The van der Waals surface area contributed by atoms with Crippen molar-refractivity contribution in [3.63, 3.8) is 0 Å². The van der Waals surface area contributed by atoms with Crippen molar-refractivity contribution in [2.75, 3.05) is 13.2 Å². The number of hydrogen-bond acceptors (Lipinski definition) is 6. The number of fused-ring (bicyclic) bond motifs is 1. The minimum Gasteiger partial charge on any atom is -0.505 e. The molecular formula is C34H40FNO7. The lowest BCUT2D eigenvalue weighted by atomic mass is 9.67. The second-order valence-electron chi connectivity index (χ2n) is 11.4. The summed E-state index contributed by atoms with van der Waals surface area (Å²) in [7, 11) is 0. The predicted molar refractivity (Wildman–Crippen MR) is 160 cm³/mol. The highest BCUT2D eigenvalue weighted by Gasteiger charge is 2.54. The Balaban J connectivity index is 1.53. The summed E-state index contributed by atoms with van der Waals surface area (Å²) < 4.78 is 14.1. The Morgan fingerprint density at radius 1 is 1.07 bits per heavy atom. The molecule has 4 rings (SSSR count). The minimum atomic E-state index is -0.968. The molecule has 4 atom stereocenters. The number of carboxylic acid groups (broad SMARTS) is 1. The van der Waals surface area contributed by atoms with E-state index >= 15 is 0 Å². The Bertz CT molecular complexity index is 1390. The second kappa shape index (κ2) is 14.6. The number of aromatic hydroxyl groups is 1. The maximum absolute atomic E-state index is 14.1. The number of allylic oxidation sites excluding steroid dienone is 2. The number of benzene rings is 2. The number of rotatable bonds is 14. The average Bonchev–Trinajstić information content (AvgIpc) is 3.24. The molecule has 230 valence electrons. The molecule has 0 spiro atoms. The van der Waals surface area contributed by atoms with Crippen LogP contribution in [0.1, 0.15) is 69.4 Å². The van der Waals surface area contributed by atoms with Crippen LogP contribution in [0.25, 0.3) is 11.6 Å². The van der Waals surface area contributed by atoms with Crippen molar-refractivity contribution in [1.29, 1.82) is 0 Å². The van der Waals surface area contributed by atoms with Crippen LogP contribution >= 0.6 is 0 Å². The molecule has 8 nitrogen and oxygen atoms in total. The zero-order chi connectivity index (χ0) is 31.1. The van der Waals surface area contributed by atoms with E-state index in [9.17, 15) is 34.1 Å². The number of hydrogen-bond donors (Lipinski definition) is 4. The number of likely N-dealkylation sites (tertiary alicyclic amines) is 1. The molecule has 1 fully saturated rings. The third-order valence-electron chi connectivity index (χ3n) is 8.67. The van der Waals surface area contributed by atoms with E-state index in [2.05, 4.69) is 0 Å². The van der Waals surface area contributed by atoms with Crippen LogP contribution in [0.5, 0.6) is 5.75 Å². The van der Waals surface area contributed by atoms with Gasteiger partial charge in [-0.05, 0) is 72.9 Å². The molecule has 0 aromatic heterocycles. The molecular weight excluding hydrogens is 553 g/mol. The minimum absolute atomic E-state index is 0.0394. The number of imide groups is 1. The molecule has 4 N–H and O–H groups in total. The Kier molecular flexibility index (Phi) is 10.9. The van der Waals surface area contributed by atoms with Gasteiger partial charge in [-0.15, -0.1) is 0 Å². The summed E-state index contributed by atoms with van der Waals surface area (Å²) in [5.41, 5.74) is 3.80. The number of phenols is 1. The Labute approximate surface area is 251 Å². The highest BCUT2D eigenvalue weighted by atomic mass is 19.1. The van der Waals surface area contributed by atoms with E-state index < -0.39 is 41.4 Å². The third kappa shape index (κ3) is 7.40. The van der Waals surface area contributed by atoms with Gasteiger partial charge in [0.25, 0.3) is 0 Å². The first-order valence-corrected chi connectivity index (χ1v) is 15.0. The van der Waals surface area contributed by atoms with Gasteiger partial charge in [0.1, 0.15) is 0 Å². The molecule has 1 heterocycles. The van der Waals surface area contributed by atoms with Gasteiger partial charge in [-0.2, -0.15) is 0 Å². The fourth-order valence-corrected chi connectivity index (χ4v) is 6.52. The van der Waals surface area contributed by atoms with Crippen LogP contribution in [0.3, 0.4) is 0 Å². The maximum Gasteiger partial charge on any atom is 0.303 e. The summed E-state index contributed by atoms with van der Waals surface area (Å²) in [4.78, 5) is 38.8. The molecule has 1 aliphatic carbocycles. The molecule has 1 saturated heterocycles. The molecule has 0 radical (unpaired) electrons. The lowest BCUT2D eigenvalue weighted by Crippen LogP contribution is -2.39. The summed E-state index contributed by atoms with van der Waals surface area (Å²) in [5.74, 6) is -4.67. The van der Waals surface area contributed by atoms with Crippen molar-refractivity contribution in [3.05, 3.63) is 76.6 Å². The molecule has 2 aliphatic rings. The number of phenolic OH excluding ortho intramolecular Hbond substituents is 1. The first kappa shape index (κ1) is 32.1. The van der Waals surface area contributed by atoms with Crippen LogP contribution in [-0.4, -0.2) is 62.4 Å². The van der Waals surface area contributed by atoms with Crippen molar-refractivity contribution in [1.82, 2.24) is 4.90 Å². The van der Waals surface area contributed by atoms with Gasteiger partial charge in [0.15, 0.2) is 11.6 Å². The van der Waals surface area contributed by atoms with E-state index in [-0.39, 0.29) is 37.8 Å². The fourth-order valence-electron chi connectivity index (χ4n) is 6.52. The van der Waals surface area contributed by atoms with Crippen LogP contribution < -0.4 is 0 Å². The number of unbranched alkanes of at least 4 members (excludes halogenated alkanes) is 2. The van der Waals surface area contributed by atoms with Gasteiger partial charge in [0, 0.05) is 18.9 Å². The van der Waals surface area contributed by atoms with Crippen LogP contribution in [-0.2, 0) is 14.4 Å². The number of halogens is 1. The van der Waals surface area contributed by atoms with Crippen LogP contribution in [0.4, 0.5) is 4.39 Å². The van der Waals surface area contributed by atoms with Gasteiger partial charge >= 0.3 is 5.97 Å². The Hall–Kier alpha value is -3.82. The van der Waals surface area contributed by atoms with E-state index in [1.807, 2.05) is 43.3 Å². The maximum atomic E-state index is 14.1. The number of carbonyl (C=O) groups is 3. The summed E-state index contributed by atoms with van der Waals surface area (Å²) in [5, 5.41) is 40.5. The predicted octanol–water partition coefficient (Wildman–Crippen LogP) is 5.18. The van der Waals surface area contributed by atoms with Crippen molar-refractivity contribution < 1.29 is 39.2 Å². The zero-order valence-electron chi connectivity index (χ0n) is 24.4. The molecule has 2 aromatic carbocycles. The molecule has 0 saturated carbocycles. The standard InChI is InChI=1S/C34H40FNO7/c1-2-22-19-25-32(34(43)36(33(25)42)16-8-4-7-11-30(40)41)26(20-37)31(22)29(39)15-13-24(23-9-5-3-6-10-23)17-21-12-14-28(38)27(35)18-21/h3,5-6,9-10,12,14,17-18,25-26,29,32,37-39H,2,4,7-8,11,13,15-16,19-20H2,1H3,(H,40,41)/b24-17-/t25-,26+,29-,32-/m1/s1. The van der Waals surface area contributed by atoms with E-state index in [4.69, 9.17) is 5.11 Å². The number of nitrogens with zero attached hydrogens (tertiary/aromatic N) is 1. The Morgan fingerprint density at radius 3 is 2.47 bits per heavy atom. The molecule has 0 bridgehead atoms. The number of carbonyl (C=O) groups excluding carboxylic acids is 2. The molecule has 43 heavy (non-hydrogen) atoms. The van der Waals surface area contributed by atoms with Gasteiger partial charge in [0.05, 0.1) is 24.5 Å². The normalized spacial score (nSPS) is 21.3. The highest BCUT2D eigenvalue weighted by molar-refractivity contribution is 6.05. The molecule has 9 heteroatoms. The third-order valence-corrected chi connectivity index (χ3v) is 8.67. The highest BCUT2D eigenvalue weighted by Crippen LogP contribution is 2.47. The van der Waals surface area contributed by atoms with Crippen molar-refractivity contribution >= 4 is 29.4 Å². The van der Waals surface area contributed by atoms with Gasteiger partial charge in [-0.25, -0.2) is 4.39 Å². The first-order valence-electron chi connectivity index (χ1n) is 15.0. The molecule has 1 aliphatic heterocycles. The summed E-state index contributed by atoms with van der Waals surface area (Å²) in [6.07, 6.45) is 4.05. The molecule has 0 unspecified atom stereocenters. The van der Waals surface area contributed by atoms with Crippen molar-refractivity contribution in [2.24, 2.45) is 17.8 Å². The van der Waals surface area contributed by atoms with Crippen molar-refractivity contribution in [2.45, 2.75) is 64.4 Å². The number of amides is 2. The fraction of sp³-hybridized carbons (Fsp3) is 0.441. The lowest BCUT2D eigenvalue weighted by Gasteiger charge is -2.36. The van der Waals surface area contributed by atoms with Gasteiger partial charge in [-0.1, -0.05) is 61.4 Å². The van der Waals surface area contributed by atoms with E-state index in [0.717, 1.165) is 16.7 Å². The largest absolute Gasteiger partial charge is 0.505 e. The van der Waals surface area contributed by atoms with Gasteiger partial charge in [-0.3, -0.25) is 19.3 Å². The monoisotopic (exact) mass is 593 g/mol. The lowest BCUT2D eigenvalue weighted by molar-refractivity contribution is -0.141. The smallest absolute Gasteiger partial charge is 0.303 e. The second-order valence-corrected chi connectivity index (χ2v) is 11.4.